The highest BCUT2D eigenvalue weighted by molar-refractivity contribution is 5.98. The highest BCUT2D eigenvalue weighted by Gasteiger charge is 2.47. The summed E-state index contributed by atoms with van der Waals surface area (Å²) in [7, 11) is 0. The fourth-order valence-electron chi connectivity index (χ4n) is 21.6. The minimum atomic E-state index is -0.567. The number of aromatic nitrogens is 8. The largest absolute Gasteiger partial charge is 0.379 e. The maximum Gasteiger partial charge on any atom is 0.258 e. The van der Waals surface area contributed by atoms with Crippen molar-refractivity contribution in [1.82, 2.24) is 79.9 Å². The monoisotopic (exact) mass is 1960 g/mol. The Balaban J connectivity index is 0.000000130. The molecule has 0 aliphatic carbocycles. The lowest BCUT2D eigenvalue weighted by Gasteiger charge is -2.48. The quantitative estimate of drug-likeness (QED) is 0.0189. The Morgan fingerprint density at radius 1 is 0.379 bits per heavy atom. The number of carbonyl (C=O) groups is 6. The zero-order valence-electron chi connectivity index (χ0n) is 82.6. The summed E-state index contributed by atoms with van der Waals surface area (Å²) >= 11 is 0. The number of morpholine rings is 1. The molecule has 30 nitrogen and oxygen atoms in total. The molecule has 6 saturated heterocycles. The number of aryl methyl sites for hydroxylation is 4. The summed E-state index contributed by atoms with van der Waals surface area (Å²) in [6.45, 7) is 16.3. The molecule has 145 heavy (non-hydrogen) atoms. The van der Waals surface area contributed by atoms with Gasteiger partial charge in [0, 0.05) is 99.6 Å². The van der Waals surface area contributed by atoms with Crippen molar-refractivity contribution in [2.75, 3.05) is 124 Å². The second-order valence-electron chi connectivity index (χ2n) is 39.3. The number of ether oxygens (including phenoxy) is 1. The molecule has 9 aromatic carbocycles. The third-order valence-electron chi connectivity index (χ3n) is 30.1. The second-order valence-corrected chi connectivity index (χ2v) is 39.3. The van der Waals surface area contributed by atoms with E-state index in [0.717, 1.165) is 307 Å². The number of nitrogens with one attached hydrogen (secondary N) is 6. The Morgan fingerprint density at radius 3 is 1.13 bits per heavy atom. The molecule has 0 spiro atoms. The van der Waals surface area contributed by atoms with Crippen LogP contribution in [0.4, 0.5) is 4.39 Å². The van der Waals surface area contributed by atoms with Crippen LogP contribution in [-0.4, -0.2) is 247 Å². The number of nitrogens with zero attached hydrogens (tertiary/aromatic N) is 10. The van der Waals surface area contributed by atoms with Gasteiger partial charge in [-0.15, -0.1) is 0 Å². The lowest BCUT2D eigenvalue weighted by molar-refractivity contribution is -0.138. The molecule has 20 rings (SSSR count). The van der Waals surface area contributed by atoms with Gasteiger partial charge in [0.1, 0.15) is 34.7 Å². The van der Waals surface area contributed by atoms with Crippen LogP contribution in [0.5, 0.6) is 0 Å². The molecule has 4 aromatic heterocycles. The Hall–Kier alpha value is -13.8. The first-order valence-corrected chi connectivity index (χ1v) is 51.5. The molecule has 0 radical (unpaired) electrons. The van der Waals surface area contributed by atoms with Crippen LogP contribution in [0.2, 0.25) is 0 Å². The maximum absolute atomic E-state index is 13.0. The molecule has 31 heteroatoms. The number of fused-ring (bicyclic) bond motifs is 5. The normalized spacial score (nSPS) is 17.9. The van der Waals surface area contributed by atoms with E-state index in [9.17, 15) is 52.3 Å². The van der Waals surface area contributed by atoms with E-state index in [-0.39, 0.29) is 81.4 Å². The number of benzene rings is 9. The summed E-state index contributed by atoms with van der Waals surface area (Å²) in [6, 6.07) is 72.9. The van der Waals surface area contributed by atoms with Gasteiger partial charge in [0.15, 0.2) is 5.78 Å². The van der Waals surface area contributed by atoms with Crippen LogP contribution in [0.25, 0.3) is 43.6 Å². The van der Waals surface area contributed by atoms with Crippen molar-refractivity contribution in [3.8, 4) is 0 Å². The van der Waals surface area contributed by atoms with E-state index < -0.39 is 16.4 Å². The number of para-hydroxylation sites is 4. The molecule has 0 bridgehead atoms. The van der Waals surface area contributed by atoms with Gasteiger partial charge in [0.25, 0.3) is 34.1 Å². The van der Waals surface area contributed by atoms with Gasteiger partial charge in [-0.1, -0.05) is 146 Å². The smallest absolute Gasteiger partial charge is 0.258 e. The molecule has 11 heterocycles. The van der Waals surface area contributed by atoms with E-state index in [1.54, 1.807) is 36.4 Å². The fraction of sp³-hybridized carbons (Fsp3) is 0.404. The van der Waals surface area contributed by atoms with Crippen LogP contribution >= 0.6 is 0 Å². The third kappa shape index (κ3) is 27.1. The molecule has 6 fully saturated rings. The van der Waals surface area contributed by atoms with Gasteiger partial charge in [0.05, 0.1) is 67.7 Å². The first kappa shape index (κ1) is 104. The Kier molecular flexibility index (Phi) is 36.0. The molecular weight excluding hydrogens is 1830 g/mol. The molecule has 758 valence electrons. The number of Topliss-reactive ketones (excluding diaryl/α,β-unsaturated/α-hetero) is 1. The van der Waals surface area contributed by atoms with Gasteiger partial charge in [-0.2, -0.15) is 0 Å². The van der Waals surface area contributed by atoms with Crippen LogP contribution in [0.3, 0.4) is 0 Å². The second kappa shape index (κ2) is 50.1. The van der Waals surface area contributed by atoms with E-state index in [4.69, 9.17) is 21.9 Å². The number of piperidine rings is 5. The van der Waals surface area contributed by atoms with E-state index in [1.807, 2.05) is 182 Å². The molecule has 7 aliphatic heterocycles. The number of carbonyl (C=O) groups excluding carboxylic acids is 6. The van der Waals surface area contributed by atoms with Crippen LogP contribution in [0, 0.1) is 11.7 Å². The fourth-order valence-corrected chi connectivity index (χ4v) is 21.6. The molecular formula is C114H134FN19O11. The number of H-pyrrole nitrogens is 4. The standard InChI is InChI=1S/C24H29N3O2.C23H24FN3O2.2C23H26N4O2.C21H29N5O3/c25-23(29)24(19-8-2-1-3-9-19)12-15-27(16-13-24)14-6-10-20-17-18-7-4-5-11-21(18)22(28)26-20;24-18-9-7-16(8-10-18)22(28)17-11-14-27(15-12-17)13-3-6-21-25-20-5-2-1-4-19(20)23(29)26-21;28-22(17-7-2-1-3-8-17)24-18-12-15-27(16-13-18)14-6-11-21-25-20-10-5-4-9-19(20)23(29)26-21;24-22(29)23(17-7-2-1-3-8-17)12-15-27(16-13-23)14-6-11-20-25-19-10-5-4-9-18(19)21(28)26-20;22-20(28)21(26-12-14-29-15-13-26)7-10-25(11-8-21)9-3-6-18-23-17-5-2-1-4-16(17)19(27)24-18/h1-5,7-9,11,20H,6,10,12-17H2,(H2,25,29)(H,26,28);1-2,4-5,7-10,17H,3,6,11-15H2,(H,25,26,29);1-5,7-10,18H,6,11-16H2,(H,24,28)(H,25,26,29);1-5,7-10H,6,11-16H2,(H2,24,29)(H,25,26,28);1-2,4-5H,3,6-15H2,(H2,22,28)(H,23,24,27). The van der Waals surface area contributed by atoms with E-state index in [1.165, 1.54) is 12.1 Å². The molecule has 7 aliphatic rings. The molecule has 1 unspecified atom stereocenters. The SMILES string of the molecule is NC(=O)C1(N2CCOCC2)CCN(CCCc2nc3ccccc3c(=O)[nH]2)CC1.NC(=O)C1(c2ccccc2)CCN(CCCC2Cc3ccccc3C(=O)N2)CC1.NC(=O)C1(c2ccccc2)CCN(CCCc2nc3ccccc3c(=O)[nH]2)CC1.O=C(NC1CCN(CCCc2nc3ccccc3c(=O)[nH]2)CC1)c1ccccc1.O=C(c1ccc(F)cc1)C1CCN(CCCc2nc3ccccc3c(=O)[nH]2)CC1. The predicted octanol–water partition coefficient (Wildman–Crippen LogP) is 11.9. The molecule has 0 saturated carbocycles. The average Bonchev–Trinajstić information content (AvgIpc) is 0.785. The van der Waals surface area contributed by atoms with E-state index in [2.05, 4.69) is 86.0 Å². The Labute approximate surface area is 843 Å². The number of hydrogen-bond acceptors (Lipinski definition) is 21. The number of ketones is 1. The minimum Gasteiger partial charge on any atom is -0.379 e. The summed E-state index contributed by atoms with van der Waals surface area (Å²) in [5.74, 6) is 2.11. The summed E-state index contributed by atoms with van der Waals surface area (Å²) in [6.07, 6.45) is 17.5. The summed E-state index contributed by atoms with van der Waals surface area (Å²) in [4.78, 5) is 167. The third-order valence-corrected chi connectivity index (χ3v) is 30.1. The average molecular weight is 1970 g/mol. The lowest BCUT2D eigenvalue weighted by atomic mass is 9.72. The number of amides is 5. The molecule has 12 N–H and O–H groups in total. The molecule has 13 aromatic rings. The summed E-state index contributed by atoms with van der Waals surface area (Å²) in [5.41, 5.74) is 23.8. The Bertz CT molecular complexity index is 6800. The molecule has 5 amide bonds. The molecule has 1 atom stereocenters. The van der Waals surface area contributed by atoms with Gasteiger partial charge >= 0.3 is 0 Å². The number of likely N-dealkylation sites (tertiary alicyclic amines) is 5. The maximum atomic E-state index is 13.0. The van der Waals surface area contributed by atoms with E-state index in [0.29, 0.717) is 52.3 Å². The summed E-state index contributed by atoms with van der Waals surface area (Å²) in [5, 5.41) is 8.78. The van der Waals surface area contributed by atoms with Crippen molar-refractivity contribution >= 4 is 78.9 Å². The number of rotatable bonds is 30. The van der Waals surface area contributed by atoms with Crippen LogP contribution in [0.1, 0.15) is 174 Å². The topological polar surface area (TPSA) is 416 Å². The van der Waals surface area contributed by atoms with Gasteiger partial charge in [-0.3, -0.25) is 52.8 Å². The minimum absolute atomic E-state index is 0.00946. The van der Waals surface area contributed by atoms with Gasteiger partial charge in [0.2, 0.25) is 17.7 Å². The highest BCUT2D eigenvalue weighted by Crippen LogP contribution is 2.38. The summed E-state index contributed by atoms with van der Waals surface area (Å²) < 4.78 is 18.5. The van der Waals surface area contributed by atoms with Gasteiger partial charge in [-0.25, -0.2) is 24.3 Å². The number of aromatic amines is 4. The Morgan fingerprint density at radius 2 is 0.731 bits per heavy atom. The van der Waals surface area contributed by atoms with Crippen molar-refractivity contribution in [3.63, 3.8) is 0 Å². The first-order chi connectivity index (χ1) is 70.5. The van der Waals surface area contributed by atoms with Crippen LogP contribution in [0.15, 0.2) is 256 Å². The van der Waals surface area contributed by atoms with Crippen molar-refractivity contribution in [1.29, 1.82) is 0 Å². The van der Waals surface area contributed by atoms with Crippen LogP contribution in [-0.2, 0) is 62.1 Å². The van der Waals surface area contributed by atoms with Crippen molar-refractivity contribution in [2.24, 2.45) is 23.1 Å². The number of halogens is 1. The highest BCUT2D eigenvalue weighted by atomic mass is 19.1. The van der Waals surface area contributed by atoms with E-state index >= 15 is 0 Å². The van der Waals surface area contributed by atoms with Crippen molar-refractivity contribution < 1.29 is 37.9 Å². The zero-order chi connectivity index (χ0) is 101. The van der Waals surface area contributed by atoms with Crippen LogP contribution < -0.4 is 50.1 Å². The van der Waals surface area contributed by atoms with Gasteiger partial charge < -0.3 is 77.0 Å². The number of primary amides is 3. The zero-order valence-corrected chi connectivity index (χ0v) is 82.6. The first-order valence-electron chi connectivity index (χ1n) is 51.5. The number of hydrogen-bond donors (Lipinski definition) is 9. The van der Waals surface area contributed by atoms with Crippen molar-refractivity contribution in [3.05, 3.63) is 340 Å². The van der Waals surface area contributed by atoms with Gasteiger partial charge in [-0.05, 0) is 289 Å². The predicted molar refractivity (Wildman–Crippen MR) is 563 cm³/mol. The van der Waals surface area contributed by atoms with Crippen molar-refractivity contribution in [2.45, 2.75) is 163 Å². The lowest BCUT2D eigenvalue weighted by Crippen LogP contribution is -2.64. The number of nitrogens with two attached hydrogens (primary N) is 3.